The van der Waals surface area contributed by atoms with Gasteiger partial charge >= 0.3 is 0 Å². The maximum atomic E-state index is 14.0. The Labute approximate surface area is 250 Å². The van der Waals surface area contributed by atoms with E-state index in [-0.39, 0.29) is 29.1 Å². The number of benzene rings is 3. The number of nitrogens with one attached hydrogen (secondary N) is 1. The van der Waals surface area contributed by atoms with Crippen molar-refractivity contribution < 1.29 is 18.0 Å². The summed E-state index contributed by atoms with van der Waals surface area (Å²) in [5.74, 6) is -0.898. The second-order valence-corrected chi connectivity index (χ2v) is 12.9. The van der Waals surface area contributed by atoms with E-state index in [0.29, 0.717) is 20.6 Å². The topological polar surface area (TPSA) is 86.8 Å². The summed E-state index contributed by atoms with van der Waals surface area (Å²) < 4.78 is 28.6. The molecule has 4 rings (SSSR count). The normalized spacial score (nSPS) is 14.5. The first-order valence-electron chi connectivity index (χ1n) is 12.9. The van der Waals surface area contributed by atoms with Crippen LogP contribution in [-0.2, 0) is 26.2 Å². The van der Waals surface area contributed by atoms with Crippen molar-refractivity contribution in [2.75, 3.05) is 10.8 Å². The largest absolute Gasteiger partial charge is 0.352 e. The number of anilines is 1. The number of nitrogens with zero attached hydrogens (tertiary/aromatic N) is 2. The van der Waals surface area contributed by atoms with Crippen molar-refractivity contribution in [1.29, 1.82) is 0 Å². The molecule has 212 valence electrons. The fraction of sp³-hybridized carbons (Fsp3) is 0.310. The molecule has 1 aliphatic carbocycles. The minimum absolute atomic E-state index is 0.0158. The van der Waals surface area contributed by atoms with E-state index in [4.69, 9.17) is 34.8 Å². The molecular formula is C29H30Cl3N3O4S. The van der Waals surface area contributed by atoms with Gasteiger partial charge in [0.05, 0.1) is 10.6 Å². The predicted molar refractivity (Wildman–Crippen MR) is 159 cm³/mol. The van der Waals surface area contributed by atoms with Crippen LogP contribution in [0.2, 0.25) is 15.1 Å². The highest BCUT2D eigenvalue weighted by Crippen LogP contribution is 2.28. The van der Waals surface area contributed by atoms with E-state index in [0.717, 1.165) is 30.0 Å². The Morgan fingerprint density at radius 2 is 1.60 bits per heavy atom. The van der Waals surface area contributed by atoms with Crippen molar-refractivity contribution in [2.24, 2.45) is 0 Å². The zero-order valence-corrected chi connectivity index (χ0v) is 25.0. The summed E-state index contributed by atoms with van der Waals surface area (Å²) in [6.45, 7) is 1.04. The van der Waals surface area contributed by atoms with Gasteiger partial charge in [-0.2, -0.15) is 0 Å². The summed E-state index contributed by atoms with van der Waals surface area (Å²) >= 11 is 18.7. The van der Waals surface area contributed by atoms with Gasteiger partial charge in [0.15, 0.2) is 0 Å². The number of sulfonamides is 1. The summed E-state index contributed by atoms with van der Waals surface area (Å²) in [4.78, 5) is 28.6. The third kappa shape index (κ3) is 7.29. The van der Waals surface area contributed by atoms with Gasteiger partial charge in [-0.3, -0.25) is 13.9 Å². The van der Waals surface area contributed by atoms with Gasteiger partial charge < -0.3 is 10.2 Å². The second-order valence-electron chi connectivity index (χ2n) is 9.73. The predicted octanol–water partition coefficient (Wildman–Crippen LogP) is 6.32. The van der Waals surface area contributed by atoms with Crippen LogP contribution in [0.1, 0.15) is 38.2 Å². The summed E-state index contributed by atoms with van der Waals surface area (Å²) in [5.41, 5.74) is 0.789. The van der Waals surface area contributed by atoms with E-state index in [9.17, 15) is 18.0 Å². The van der Waals surface area contributed by atoms with Gasteiger partial charge in [0, 0.05) is 27.7 Å². The Balaban J connectivity index is 1.70. The second kappa shape index (κ2) is 13.3. The molecule has 0 spiro atoms. The Morgan fingerprint density at radius 3 is 2.25 bits per heavy atom. The zero-order valence-electron chi connectivity index (χ0n) is 21.9. The lowest BCUT2D eigenvalue weighted by Gasteiger charge is -2.32. The highest BCUT2D eigenvalue weighted by molar-refractivity contribution is 7.92. The Hall–Kier alpha value is -2.78. The van der Waals surface area contributed by atoms with Crippen molar-refractivity contribution in [3.05, 3.63) is 93.4 Å². The lowest BCUT2D eigenvalue weighted by molar-refractivity contribution is -0.139. The summed E-state index contributed by atoms with van der Waals surface area (Å²) in [6, 6.07) is 18.1. The molecule has 7 nitrogen and oxygen atoms in total. The average molecular weight is 623 g/mol. The number of halogens is 3. The number of carbonyl (C=O) groups is 2. The number of carbonyl (C=O) groups excluding carboxylic acids is 2. The molecule has 0 heterocycles. The van der Waals surface area contributed by atoms with Crippen LogP contribution in [0.25, 0.3) is 0 Å². The fourth-order valence-electron chi connectivity index (χ4n) is 4.69. The lowest BCUT2D eigenvalue weighted by atomic mass is 10.1. The maximum absolute atomic E-state index is 14.0. The lowest BCUT2D eigenvalue weighted by Crippen LogP contribution is -2.52. The standard InChI is InChI=1S/C29H30Cl3N3O4S/c1-20(29(37)33-24-9-5-6-10-24)34(18-21-14-15-23(31)17-27(21)32)28(36)19-35(25-11-7-8-22(30)16-25)40(38,39)26-12-3-2-4-13-26/h2-4,7-8,11-17,20,24H,5-6,9-10,18-19H2,1H3,(H,33,37)/t20-/m1/s1. The van der Waals surface area contributed by atoms with Crippen LogP contribution in [0.3, 0.4) is 0 Å². The molecule has 0 aromatic heterocycles. The van der Waals surface area contributed by atoms with Crippen LogP contribution in [-0.4, -0.2) is 43.8 Å². The highest BCUT2D eigenvalue weighted by atomic mass is 35.5. The molecule has 3 aromatic rings. The zero-order chi connectivity index (χ0) is 28.9. The van der Waals surface area contributed by atoms with Crippen LogP contribution in [0.4, 0.5) is 5.69 Å². The van der Waals surface area contributed by atoms with E-state index < -0.39 is 28.5 Å². The smallest absolute Gasteiger partial charge is 0.264 e. The van der Waals surface area contributed by atoms with Gasteiger partial charge in [0.2, 0.25) is 11.8 Å². The quantitative estimate of drug-likeness (QED) is 0.287. The van der Waals surface area contributed by atoms with Gasteiger partial charge in [0.25, 0.3) is 10.0 Å². The molecule has 1 saturated carbocycles. The van der Waals surface area contributed by atoms with Crippen LogP contribution < -0.4 is 9.62 Å². The molecule has 1 aliphatic rings. The molecule has 2 amide bonds. The molecule has 11 heteroatoms. The number of hydrogen-bond acceptors (Lipinski definition) is 4. The van der Waals surface area contributed by atoms with Crippen LogP contribution >= 0.6 is 34.8 Å². The Morgan fingerprint density at radius 1 is 0.925 bits per heavy atom. The first-order valence-corrected chi connectivity index (χ1v) is 15.5. The molecule has 0 saturated heterocycles. The van der Waals surface area contributed by atoms with E-state index in [1.54, 1.807) is 61.5 Å². The summed E-state index contributed by atoms with van der Waals surface area (Å²) in [7, 11) is -4.17. The summed E-state index contributed by atoms with van der Waals surface area (Å²) in [6.07, 6.45) is 3.84. The molecule has 0 radical (unpaired) electrons. The van der Waals surface area contributed by atoms with E-state index >= 15 is 0 Å². The molecule has 1 fully saturated rings. The van der Waals surface area contributed by atoms with Crippen molar-refractivity contribution in [3.63, 3.8) is 0 Å². The van der Waals surface area contributed by atoms with Gasteiger partial charge in [-0.05, 0) is 67.8 Å². The molecule has 3 aromatic carbocycles. The number of amides is 2. The SMILES string of the molecule is C[C@H](C(=O)NC1CCCC1)N(Cc1ccc(Cl)cc1Cl)C(=O)CN(c1cccc(Cl)c1)S(=O)(=O)c1ccccc1. The minimum atomic E-state index is -4.17. The number of rotatable bonds is 10. The van der Waals surface area contributed by atoms with E-state index in [1.165, 1.54) is 23.1 Å². The Kier molecular flexibility index (Phi) is 10.0. The molecule has 40 heavy (non-hydrogen) atoms. The Bertz CT molecular complexity index is 1460. The molecule has 1 atom stereocenters. The third-order valence-corrected chi connectivity index (χ3v) is 9.54. The van der Waals surface area contributed by atoms with Gasteiger partial charge in [-0.1, -0.05) is 78.0 Å². The third-order valence-electron chi connectivity index (χ3n) is 6.93. The monoisotopic (exact) mass is 621 g/mol. The number of hydrogen-bond donors (Lipinski definition) is 1. The molecular weight excluding hydrogens is 593 g/mol. The fourth-order valence-corrected chi connectivity index (χ4v) is 6.77. The minimum Gasteiger partial charge on any atom is -0.352 e. The van der Waals surface area contributed by atoms with Crippen LogP contribution in [0, 0.1) is 0 Å². The van der Waals surface area contributed by atoms with E-state index in [1.807, 2.05) is 0 Å². The van der Waals surface area contributed by atoms with Gasteiger partial charge in [-0.25, -0.2) is 8.42 Å². The van der Waals surface area contributed by atoms with Crippen molar-refractivity contribution >= 4 is 62.3 Å². The van der Waals surface area contributed by atoms with Crippen LogP contribution in [0.15, 0.2) is 77.7 Å². The van der Waals surface area contributed by atoms with Gasteiger partial charge in [0.1, 0.15) is 12.6 Å². The molecule has 0 unspecified atom stereocenters. The van der Waals surface area contributed by atoms with E-state index in [2.05, 4.69) is 5.32 Å². The first-order chi connectivity index (χ1) is 19.1. The van der Waals surface area contributed by atoms with Crippen molar-refractivity contribution in [1.82, 2.24) is 10.2 Å². The first kappa shape index (κ1) is 30.2. The highest BCUT2D eigenvalue weighted by Gasteiger charge is 2.33. The van der Waals surface area contributed by atoms with Crippen molar-refractivity contribution in [2.45, 2.75) is 56.1 Å². The molecule has 0 bridgehead atoms. The average Bonchev–Trinajstić information content (AvgIpc) is 3.44. The maximum Gasteiger partial charge on any atom is 0.264 e. The van der Waals surface area contributed by atoms with Crippen molar-refractivity contribution in [3.8, 4) is 0 Å². The van der Waals surface area contributed by atoms with Gasteiger partial charge in [-0.15, -0.1) is 0 Å². The summed E-state index contributed by atoms with van der Waals surface area (Å²) in [5, 5.41) is 4.11. The molecule has 0 aliphatic heterocycles. The molecule has 1 N–H and O–H groups in total. The van der Waals surface area contributed by atoms with Crippen LogP contribution in [0.5, 0.6) is 0 Å².